The summed E-state index contributed by atoms with van der Waals surface area (Å²) in [7, 11) is 0. The molecule has 0 aliphatic heterocycles. The van der Waals surface area contributed by atoms with Gasteiger partial charge in [0, 0.05) is 18.4 Å². The summed E-state index contributed by atoms with van der Waals surface area (Å²) in [5.41, 5.74) is 7.98. The van der Waals surface area contributed by atoms with Crippen molar-refractivity contribution in [2.45, 2.75) is 53.1 Å². The second-order valence-electron chi connectivity index (χ2n) is 9.68. The molecule has 1 heterocycles. The van der Waals surface area contributed by atoms with Crippen LogP contribution in [0.2, 0.25) is 0 Å². The van der Waals surface area contributed by atoms with Crippen LogP contribution in [0.4, 0.5) is 0 Å². The van der Waals surface area contributed by atoms with E-state index in [1.165, 1.54) is 28.5 Å². The summed E-state index contributed by atoms with van der Waals surface area (Å²) in [5, 5.41) is 4.04. The molecule has 35 heavy (non-hydrogen) atoms. The molecule has 1 atom stereocenters. The van der Waals surface area contributed by atoms with Crippen LogP contribution in [-0.4, -0.2) is 10.9 Å². The van der Waals surface area contributed by atoms with Crippen molar-refractivity contribution in [2.75, 3.05) is 0 Å². The summed E-state index contributed by atoms with van der Waals surface area (Å²) in [6.07, 6.45) is 3.02. The van der Waals surface area contributed by atoms with E-state index < -0.39 is 0 Å². The molecule has 4 nitrogen and oxygen atoms in total. The van der Waals surface area contributed by atoms with E-state index in [9.17, 15) is 4.79 Å². The zero-order chi connectivity index (χ0) is 24.8. The molecular formula is C31H33NO3. The smallest absolute Gasteiger partial charge is 0.130 e. The quantitative estimate of drug-likeness (QED) is 0.242. The molecule has 0 radical (unpaired) electrons. The van der Waals surface area contributed by atoms with Crippen LogP contribution in [0.15, 0.2) is 83.6 Å². The van der Waals surface area contributed by atoms with Gasteiger partial charge in [-0.05, 0) is 77.8 Å². The largest absolute Gasteiger partial charge is 0.489 e. The first-order valence-electron chi connectivity index (χ1n) is 12.2. The second-order valence-corrected chi connectivity index (χ2v) is 9.68. The first-order valence-corrected chi connectivity index (χ1v) is 12.2. The van der Waals surface area contributed by atoms with Gasteiger partial charge in [-0.1, -0.05) is 67.5 Å². The van der Waals surface area contributed by atoms with Crippen molar-refractivity contribution >= 4 is 5.78 Å². The molecule has 0 bridgehead atoms. The molecule has 0 unspecified atom stereocenters. The highest BCUT2D eigenvalue weighted by molar-refractivity contribution is 5.77. The average molecular weight is 468 g/mol. The molecule has 0 amide bonds. The molecule has 0 N–H and O–H groups in total. The maximum atomic E-state index is 11.8. The zero-order valence-electron chi connectivity index (χ0n) is 21.0. The van der Waals surface area contributed by atoms with Gasteiger partial charge in [0.25, 0.3) is 0 Å². The third kappa shape index (κ3) is 6.48. The lowest BCUT2D eigenvalue weighted by atomic mass is 9.91. The van der Waals surface area contributed by atoms with Gasteiger partial charge in [-0.2, -0.15) is 0 Å². The molecule has 0 fully saturated rings. The number of carbonyl (C=O) groups is 1. The lowest BCUT2D eigenvalue weighted by Crippen LogP contribution is -2.06. The van der Waals surface area contributed by atoms with E-state index in [0.717, 1.165) is 29.0 Å². The van der Waals surface area contributed by atoms with Gasteiger partial charge in [-0.15, -0.1) is 0 Å². The zero-order valence-corrected chi connectivity index (χ0v) is 21.0. The highest BCUT2D eigenvalue weighted by Crippen LogP contribution is 2.30. The topological polar surface area (TPSA) is 52.3 Å². The Labute approximate surface area is 207 Å². The van der Waals surface area contributed by atoms with Gasteiger partial charge in [-0.3, -0.25) is 4.79 Å². The Morgan fingerprint density at radius 3 is 2.29 bits per heavy atom. The first kappa shape index (κ1) is 24.5. The van der Waals surface area contributed by atoms with Crippen molar-refractivity contribution < 1.29 is 14.1 Å². The van der Waals surface area contributed by atoms with Gasteiger partial charge < -0.3 is 9.26 Å². The van der Waals surface area contributed by atoms with E-state index in [-0.39, 0.29) is 11.7 Å². The number of hydrogen-bond acceptors (Lipinski definition) is 4. The van der Waals surface area contributed by atoms with E-state index in [1.807, 2.05) is 30.3 Å². The highest BCUT2D eigenvalue weighted by Gasteiger charge is 2.19. The summed E-state index contributed by atoms with van der Waals surface area (Å²) in [4.78, 5) is 11.8. The van der Waals surface area contributed by atoms with E-state index in [1.54, 1.807) is 6.92 Å². The number of nitrogens with zero attached hydrogens (tertiary/aromatic N) is 1. The van der Waals surface area contributed by atoms with Crippen molar-refractivity contribution in [3.8, 4) is 16.9 Å². The van der Waals surface area contributed by atoms with Crippen LogP contribution in [0, 0.1) is 12.8 Å². The Bertz CT molecular complexity index is 1240. The molecular weight excluding hydrogens is 434 g/mol. The van der Waals surface area contributed by atoms with Crippen LogP contribution < -0.4 is 4.74 Å². The number of aryl methyl sites for hydroxylation is 1. The molecule has 0 saturated carbocycles. The van der Waals surface area contributed by atoms with Crippen molar-refractivity contribution in [2.24, 2.45) is 5.92 Å². The molecule has 0 aliphatic rings. The second kappa shape index (κ2) is 11.2. The van der Waals surface area contributed by atoms with Crippen molar-refractivity contribution in [1.29, 1.82) is 0 Å². The fourth-order valence-corrected chi connectivity index (χ4v) is 4.41. The van der Waals surface area contributed by atoms with Crippen molar-refractivity contribution in [1.82, 2.24) is 5.16 Å². The highest BCUT2D eigenvalue weighted by atomic mass is 16.5. The molecule has 0 aliphatic carbocycles. The molecule has 4 aromatic rings. The lowest BCUT2D eigenvalue weighted by molar-refractivity contribution is -0.117. The summed E-state index contributed by atoms with van der Waals surface area (Å²) in [6.45, 7) is 8.72. The molecule has 180 valence electrons. The lowest BCUT2D eigenvalue weighted by Gasteiger charge is -2.14. The maximum absolute atomic E-state index is 11.8. The Morgan fingerprint density at radius 2 is 1.66 bits per heavy atom. The summed E-state index contributed by atoms with van der Waals surface area (Å²) < 4.78 is 11.1. The average Bonchev–Trinajstić information content (AvgIpc) is 3.37. The SMILES string of the molecule is CC(=O)C[C@@H](c1ccc(OCc2ccc(C)c(-c3ccc(CC(C)C)cc3)c2)cc1)c1ccon1. The van der Waals surface area contributed by atoms with Gasteiger partial charge in [0.1, 0.15) is 24.4 Å². The fourth-order valence-electron chi connectivity index (χ4n) is 4.41. The predicted octanol–water partition coefficient (Wildman–Crippen LogP) is 7.54. The minimum atomic E-state index is -0.119. The van der Waals surface area contributed by atoms with Crippen LogP contribution in [0.5, 0.6) is 5.75 Å². The Balaban J connectivity index is 1.45. The van der Waals surface area contributed by atoms with Gasteiger partial charge in [0.15, 0.2) is 0 Å². The standard InChI is InChI=1S/C31H33NO3/c1-21(2)17-24-7-9-26(10-8-24)29-19-25(6-5-22(29)3)20-34-28-13-11-27(12-14-28)30(18-23(4)33)31-15-16-35-32-31/h5-16,19,21,30H,17-18,20H2,1-4H3/t30-/m0/s1. The van der Waals surface area contributed by atoms with Crippen LogP contribution in [0.25, 0.3) is 11.1 Å². The van der Waals surface area contributed by atoms with E-state index >= 15 is 0 Å². The van der Waals surface area contributed by atoms with E-state index in [2.05, 4.69) is 68.4 Å². The number of ether oxygens (including phenoxy) is 1. The number of rotatable bonds is 10. The minimum Gasteiger partial charge on any atom is -0.489 e. The van der Waals surface area contributed by atoms with Crippen LogP contribution >= 0.6 is 0 Å². The Kier molecular flexibility index (Phi) is 7.81. The van der Waals surface area contributed by atoms with Gasteiger partial charge in [0.2, 0.25) is 0 Å². The maximum Gasteiger partial charge on any atom is 0.130 e. The number of carbonyl (C=O) groups excluding carboxylic acids is 1. The van der Waals surface area contributed by atoms with Gasteiger partial charge in [-0.25, -0.2) is 0 Å². The van der Waals surface area contributed by atoms with E-state index in [0.29, 0.717) is 18.9 Å². The van der Waals surface area contributed by atoms with Crippen LogP contribution in [-0.2, 0) is 17.8 Å². The van der Waals surface area contributed by atoms with Crippen molar-refractivity contribution in [3.05, 3.63) is 107 Å². The Morgan fingerprint density at radius 1 is 0.943 bits per heavy atom. The first-order chi connectivity index (χ1) is 16.9. The number of ketones is 1. The predicted molar refractivity (Wildman–Crippen MR) is 140 cm³/mol. The number of aromatic nitrogens is 1. The molecule has 1 aromatic heterocycles. The minimum absolute atomic E-state index is 0.114. The monoisotopic (exact) mass is 467 g/mol. The normalized spacial score (nSPS) is 12.0. The number of hydrogen-bond donors (Lipinski definition) is 0. The van der Waals surface area contributed by atoms with E-state index in [4.69, 9.17) is 9.26 Å². The number of Topliss-reactive ketones (excluding diaryl/α,β-unsaturated/α-hetero) is 1. The number of benzene rings is 3. The molecule has 0 spiro atoms. The van der Waals surface area contributed by atoms with Gasteiger partial charge >= 0.3 is 0 Å². The summed E-state index contributed by atoms with van der Waals surface area (Å²) in [6, 6.07) is 25.1. The van der Waals surface area contributed by atoms with Gasteiger partial charge in [0.05, 0.1) is 5.69 Å². The molecule has 4 heteroatoms. The van der Waals surface area contributed by atoms with Crippen LogP contribution in [0.1, 0.15) is 61.1 Å². The van der Waals surface area contributed by atoms with Crippen LogP contribution in [0.3, 0.4) is 0 Å². The molecule has 4 rings (SSSR count). The third-order valence-electron chi connectivity index (χ3n) is 6.21. The summed E-state index contributed by atoms with van der Waals surface area (Å²) in [5.74, 6) is 1.44. The Hall–Kier alpha value is -3.66. The molecule has 3 aromatic carbocycles. The summed E-state index contributed by atoms with van der Waals surface area (Å²) >= 11 is 0. The third-order valence-corrected chi connectivity index (χ3v) is 6.21. The molecule has 0 saturated heterocycles. The fraction of sp³-hybridized carbons (Fsp3) is 0.290. The van der Waals surface area contributed by atoms with Crippen molar-refractivity contribution in [3.63, 3.8) is 0 Å².